The van der Waals surface area contributed by atoms with Gasteiger partial charge in [0, 0.05) is 30.7 Å². The first-order valence-electron chi connectivity index (χ1n) is 8.23. The van der Waals surface area contributed by atoms with Crippen molar-refractivity contribution in [1.82, 2.24) is 19.7 Å². The molecule has 0 unspecified atom stereocenters. The van der Waals surface area contributed by atoms with E-state index in [4.69, 9.17) is 0 Å². The van der Waals surface area contributed by atoms with E-state index >= 15 is 0 Å². The SMILES string of the molecule is Cc1cccc2c(NCc3cccc(-c4cnn(C)c4)c3)ncnc12. The molecule has 25 heavy (non-hydrogen) atoms. The Balaban J connectivity index is 1.59. The van der Waals surface area contributed by atoms with Crippen molar-refractivity contribution >= 4 is 16.7 Å². The highest BCUT2D eigenvalue weighted by Gasteiger charge is 2.06. The summed E-state index contributed by atoms with van der Waals surface area (Å²) in [5, 5.41) is 8.73. The fourth-order valence-electron chi connectivity index (χ4n) is 2.99. The van der Waals surface area contributed by atoms with E-state index in [2.05, 4.69) is 63.7 Å². The number of anilines is 1. The first-order chi connectivity index (χ1) is 12.2. The van der Waals surface area contributed by atoms with Crippen LogP contribution in [0.5, 0.6) is 0 Å². The summed E-state index contributed by atoms with van der Waals surface area (Å²) < 4.78 is 1.82. The number of nitrogens with zero attached hydrogens (tertiary/aromatic N) is 4. The standard InChI is InChI=1S/C20H19N5/c1-14-5-3-8-18-19(14)22-13-23-20(18)21-10-15-6-4-7-16(9-15)17-11-24-25(2)12-17/h3-9,11-13H,10H2,1-2H3,(H,21,22,23). The number of nitrogens with one attached hydrogen (secondary N) is 1. The normalized spacial score (nSPS) is 11.0. The number of hydrogen-bond acceptors (Lipinski definition) is 4. The second-order valence-corrected chi connectivity index (χ2v) is 6.15. The van der Waals surface area contributed by atoms with Gasteiger partial charge in [-0.3, -0.25) is 4.68 Å². The monoisotopic (exact) mass is 329 g/mol. The molecule has 0 saturated carbocycles. The predicted octanol–water partition coefficient (Wildman–Crippen LogP) is 3.95. The maximum atomic E-state index is 4.41. The molecule has 2 aromatic heterocycles. The molecule has 0 aliphatic rings. The second kappa shape index (κ2) is 6.36. The van der Waals surface area contributed by atoms with Gasteiger partial charge in [-0.2, -0.15) is 5.10 Å². The fourth-order valence-corrected chi connectivity index (χ4v) is 2.99. The average Bonchev–Trinajstić information content (AvgIpc) is 3.07. The number of aromatic nitrogens is 4. The van der Waals surface area contributed by atoms with E-state index in [0.717, 1.165) is 33.4 Å². The Hall–Kier alpha value is -3.21. The van der Waals surface area contributed by atoms with Gasteiger partial charge in [0.1, 0.15) is 12.1 Å². The lowest BCUT2D eigenvalue weighted by molar-refractivity contribution is 0.768. The Morgan fingerprint density at radius 2 is 1.92 bits per heavy atom. The van der Waals surface area contributed by atoms with Gasteiger partial charge in [-0.1, -0.05) is 30.3 Å². The first-order valence-corrected chi connectivity index (χ1v) is 8.23. The zero-order chi connectivity index (χ0) is 17.2. The summed E-state index contributed by atoms with van der Waals surface area (Å²) in [6, 6.07) is 14.6. The summed E-state index contributed by atoms with van der Waals surface area (Å²) in [6.45, 7) is 2.77. The molecule has 0 aliphatic heterocycles. The highest BCUT2D eigenvalue weighted by molar-refractivity contribution is 5.90. The maximum absolute atomic E-state index is 4.41. The van der Waals surface area contributed by atoms with E-state index in [1.807, 2.05) is 30.2 Å². The fraction of sp³-hybridized carbons (Fsp3) is 0.150. The van der Waals surface area contributed by atoms with Crippen molar-refractivity contribution in [3.63, 3.8) is 0 Å². The van der Waals surface area contributed by atoms with E-state index in [-0.39, 0.29) is 0 Å². The van der Waals surface area contributed by atoms with Crippen LogP contribution in [0.15, 0.2) is 61.2 Å². The van der Waals surface area contributed by atoms with Crippen LogP contribution in [-0.2, 0) is 13.6 Å². The molecule has 5 heteroatoms. The van der Waals surface area contributed by atoms with Crippen LogP contribution in [0.4, 0.5) is 5.82 Å². The van der Waals surface area contributed by atoms with E-state index in [1.54, 1.807) is 6.33 Å². The third-order valence-corrected chi connectivity index (χ3v) is 4.29. The van der Waals surface area contributed by atoms with Crippen molar-refractivity contribution in [3.8, 4) is 11.1 Å². The number of para-hydroxylation sites is 1. The Kier molecular flexibility index (Phi) is 3.90. The van der Waals surface area contributed by atoms with Gasteiger partial charge < -0.3 is 5.32 Å². The molecule has 1 N–H and O–H groups in total. The van der Waals surface area contributed by atoms with E-state index < -0.39 is 0 Å². The molecule has 4 rings (SSSR count). The van der Waals surface area contributed by atoms with Gasteiger partial charge in [0.15, 0.2) is 0 Å². The molecule has 4 aromatic rings. The minimum absolute atomic E-state index is 0.703. The third-order valence-electron chi connectivity index (χ3n) is 4.29. The van der Waals surface area contributed by atoms with E-state index in [1.165, 1.54) is 5.56 Å². The summed E-state index contributed by atoms with van der Waals surface area (Å²) in [7, 11) is 1.93. The zero-order valence-electron chi connectivity index (χ0n) is 14.3. The molecular weight excluding hydrogens is 310 g/mol. The van der Waals surface area contributed by atoms with Crippen molar-refractivity contribution in [3.05, 3.63) is 72.3 Å². The highest BCUT2D eigenvalue weighted by atomic mass is 15.2. The van der Waals surface area contributed by atoms with Crippen LogP contribution in [0.2, 0.25) is 0 Å². The Morgan fingerprint density at radius 3 is 2.76 bits per heavy atom. The van der Waals surface area contributed by atoms with E-state index in [9.17, 15) is 0 Å². The number of rotatable bonds is 4. The van der Waals surface area contributed by atoms with Gasteiger partial charge in [-0.05, 0) is 35.7 Å². The average molecular weight is 329 g/mol. The minimum atomic E-state index is 0.703. The van der Waals surface area contributed by atoms with Crippen LogP contribution in [0.25, 0.3) is 22.0 Å². The van der Waals surface area contributed by atoms with Gasteiger partial charge >= 0.3 is 0 Å². The molecular formula is C20H19N5. The highest BCUT2D eigenvalue weighted by Crippen LogP contribution is 2.23. The molecule has 0 spiro atoms. The smallest absolute Gasteiger partial charge is 0.137 e. The Bertz CT molecular complexity index is 1040. The van der Waals surface area contributed by atoms with Gasteiger partial charge in [0.2, 0.25) is 0 Å². The van der Waals surface area contributed by atoms with Gasteiger partial charge in [-0.15, -0.1) is 0 Å². The van der Waals surface area contributed by atoms with Crippen LogP contribution in [0.3, 0.4) is 0 Å². The summed E-state index contributed by atoms with van der Waals surface area (Å²) in [4.78, 5) is 8.80. The molecule has 2 aromatic carbocycles. The van der Waals surface area contributed by atoms with Gasteiger partial charge in [0.25, 0.3) is 0 Å². The summed E-state index contributed by atoms with van der Waals surface area (Å²) in [5.74, 6) is 0.862. The Labute approximate surface area is 146 Å². The molecule has 0 radical (unpaired) electrons. The molecule has 0 amide bonds. The lowest BCUT2D eigenvalue weighted by atomic mass is 10.1. The molecule has 124 valence electrons. The zero-order valence-corrected chi connectivity index (χ0v) is 14.3. The molecule has 0 fully saturated rings. The van der Waals surface area contributed by atoms with Gasteiger partial charge in [0.05, 0.1) is 11.7 Å². The number of aryl methyl sites for hydroxylation is 2. The molecule has 0 aliphatic carbocycles. The van der Waals surface area contributed by atoms with Crippen LogP contribution >= 0.6 is 0 Å². The minimum Gasteiger partial charge on any atom is -0.365 e. The van der Waals surface area contributed by atoms with Crippen molar-refractivity contribution in [2.24, 2.45) is 7.05 Å². The van der Waals surface area contributed by atoms with E-state index in [0.29, 0.717) is 6.54 Å². The van der Waals surface area contributed by atoms with Crippen molar-refractivity contribution in [2.45, 2.75) is 13.5 Å². The van der Waals surface area contributed by atoms with Crippen molar-refractivity contribution in [2.75, 3.05) is 5.32 Å². The maximum Gasteiger partial charge on any atom is 0.137 e. The molecule has 2 heterocycles. The predicted molar refractivity (Wildman–Crippen MR) is 100 cm³/mol. The quantitative estimate of drug-likeness (QED) is 0.616. The molecule has 0 atom stereocenters. The lowest BCUT2D eigenvalue weighted by Crippen LogP contribution is -2.03. The topological polar surface area (TPSA) is 55.6 Å². The van der Waals surface area contributed by atoms with Crippen LogP contribution < -0.4 is 5.32 Å². The summed E-state index contributed by atoms with van der Waals surface area (Å²) in [6.07, 6.45) is 5.52. The molecule has 5 nitrogen and oxygen atoms in total. The number of hydrogen-bond donors (Lipinski definition) is 1. The Morgan fingerprint density at radius 1 is 1.04 bits per heavy atom. The lowest BCUT2D eigenvalue weighted by Gasteiger charge is -2.10. The number of benzene rings is 2. The van der Waals surface area contributed by atoms with Crippen LogP contribution in [0.1, 0.15) is 11.1 Å². The number of fused-ring (bicyclic) bond motifs is 1. The summed E-state index contributed by atoms with van der Waals surface area (Å²) >= 11 is 0. The largest absolute Gasteiger partial charge is 0.365 e. The van der Waals surface area contributed by atoms with Crippen molar-refractivity contribution < 1.29 is 0 Å². The van der Waals surface area contributed by atoms with Crippen molar-refractivity contribution in [1.29, 1.82) is 0 Å². The summed E-state index contributed by atoms with van der Waals surface area (Å²) in [5.41, 5.74) is 5.62. The molecule has 0 saturated heterocycles. The van der Waals surface area contributed by atoms with Crippen LogP contribution in [-0.4, -0.2) is 19.7 Å². The van der Waals surface area contributed by atoms with Gasteiger partial charge in [-0.25, -0.2) is 9.97 Å². The second-order valence-electron chi connectivity index (χ2n) is 6.15. The van der Waals surface area contributed by atoms with Crippen LogP contribution in [0, 0.1) is 6.92 Å². The molecule has 0 bridgehead atoms. The third kappa shape index (κ3) is 3.08. The first kappa shape index (κ1) is 15.3.